The second kappa shape index (κ2) is 4.31. The van der Waals surface area contributed by atoms with Crippen LogP contribution >= 0.6 is 0 Å². The van der Waals surface area contributed by atoms with Gasteiger partial charge in [-0.3, -0.25) is 0 Å². The summed E-state index contributed by atoms with van der Waals surface area (Å²) >= 11 is 0. The number of ether oxygens (including phenoxy) is 1. The van der Waals surface area contributed by atoms with Crippen LogP contribution in [0.1, 0.15) is 12.0 Å². The van der Waals surface area contributed by atoms with Crippen LogP contribution in [-0.2, 0) is 11.3 Å². The van der Waals surface area contributed by atoms with Crippen molar-refractivity contribution in [2.24, 2.45) is 5.92 Å². The monoisotopic (exact) mass is 242 g/mol. The van der Waals surface area contributed by atoms with Gasteiger partial charge in [0, 0.05) is 19.1 Å². The number of nitrogens with two attached hydrogens (primary N) is 1. The lowest BCUT2D eigenvalue weighted by atomic mass is 10.1. The molecular weight excluding hydrogens is 228 g/mol. The molecule has 5 nitrogen and oxygen atoms in total. The van der Waals surface area contributed by atoms with E-state index in [-0.39, 0.29) is 0 Å². The van der Waals surface area contributed by atoms with Gasteiger partial charge in [0.1, 0.15) is 11.6 Å². The molecule has 0 radical (unpaired) electrons. The number of nitriles is 1. The van der Waals surface area contributed by atoms with Gasteiger partial charge in [-0.15, -0.1) is 0 Å². The van der Waals surface area contributed by atoms with Crippen LogP contribution in [0, 0.1) is 17.2 Å². The average molecular weight is 242 g/mol. The Balaban J connectivity index is 2.06. The Hall–Kier alpha value is -2.06. The highest BCUT2D eigenvalue weighted by molar-refractivity contribution is 5.83. The largest absolute Gasteiger partial charge is 0.381 e. The lowest BCUT2D eigenvalue weighted by Gasteiger charge is -2.10. The number of hydrogen-bond acceptors (Lipinski definition) is 4. The summed E-state index contributed by atoms with van der Waals surface area (Å²) in [6.07, 6.45) is 1.05. The van der Waals surface area contributed by atoms with Crippen LogP contribution in [0.15, 0.2) is 18.2 Å². The molecule has 1 aromatic heterocycles. The Morgan fingerprint density at radius 2 is 2.44 bits per heavy atom. The van der Waals surface area contributed by atoms with E-state index in [0.29, 0.717) is 22.9 Å². The van der Waals surface area contributed by atoms with Crippen molar-refractivity contribution >= 4 is 17.0 Å². The molecule has 0 amide bonds. The Kier molecular flexibility index (Phi) is 2.65. The Bertz CT molecular complexity index is 620. The van der Waals surface area contributed by atoms with E-state index in [0.717, 1.165) is 31.7 Å². The van der Waals surface area contributed by atoms with Crippen molar-refractivity contribution in [1.29, 1.82) is 5.26 Å². The summed E-state index contributed by atoms with van der Waals surface area (Å²) in [4.78, 5) is 4.30. The van der Waals surface area contributed by atoms with E-state index >= 15 is 0 Å². The molecule has 2 aromatic rings. The van der Waals surface area contributed by atoms with E-state index in [1.165, 1.54) is 0 Å². The third-order valence-electron chi connectivity index (χ3n) is 3.39. The molecule has 2 N–H and O–H groups in total. The number of nitrogen functional groups attached to an aromatic ring is 1. The molecule has 0 bridgehead atoms. The molecule has 1 unspecified atom stereocenters. The molecule has 1 aromatic carbocycles. The van der Waals surface area contributed by atoms with Crippen molar-refractivity contribution < 1.29 is 4.74 Å². The topological polar surface area (TPSA) is 76.9 Å². The predicted octanol–water partition coefficient (Wildman–Crippen LogP) is 1.53. The standard InChI is InChI=1S/C13H14N4O/c14-6-10-2-1-3-11-12(10)16-13(15)17(11)7-9-4-5-18-8-9/h1-3,9H,4-5,7-8H2,(H2,15,16). The lowest BCUT2D eigenvalue weighted by molar-refractivity contribution is 0.183. The molecule has 5 heteroatoms. The van der Waals surface area contributed by atoms with E-state index < -0.39 is 0 Å². The molecule has 0 spiro atoms. The highest BCUT2D eigenvalue weighted by atomic mass is 16.5. The summed E-state index contributed by atoms with van der Waals surface area (Å²) in [5.41, 5.74) is 8.15. The van der Waals surface area contributed by atoms with Gasteiger partial charge in [0.2, 0.25) is 5.95 Å². The summed E-state index contributed by atoms with van der Waals surface area (Å²) in [5, 5.41) is 9.06. The molecule has 1 atom stereocenters. The highest BCUT2D eigenvalue weighted by Gasteiger charge is 2.19. The number of para-hydroxylation sites is 1. The van der Waals surface area contributed by atoms with Gasteiger partial charge in [0.05, 0.1) is 17.7 Å². The number of nitrogens with zero attached hydrogens (tertiary/aromatic N) is 3. The molecule has 1 saturated heterocycles. The fourth-order valence-electron chi connectivity index (χ4n) is 2.43. The van der Waals surface area contributed by atoms with Crippen molar-refractivity contribution in [2.75, 3.05) is 18.9 Å². The van der Waals surface area contributed by atoms with Crippen molar-refractivity contribution in [3.8, 4) is 6.07 Å². The Labute approximate surface area is 105 Å². The smallest absolute Gasteiger partial charge is 0.201 e. The van der Waals surface area contributed by atoms with Crippen LogP contribution in [0.3, 0.4) is 0 Å². The number of benzene rings is 1. The van der Waals surface area contributed by atoms with E-state index in [9.17, 15) is 0 Å². The minimum Gasteiger partial charge on any atom is -0.381 e. The molecule has 0 saturated carbocycles. The summed E-state index contributed by atoms with van der Waals surface area (Å²) in [5.74, 6) is 0.954. The van der Waals surface area contributed by atoms with Gasteiger partial charge in [0.25, 0.3) is 0 Å². The number of anilines is 1. The van der Waals surface area contributed by atoms with Crippen LogP contribution in [0.25, 0.3) is 11.0 Å². The van der Waals surface area contributed by atoms with E-state index in [1.807, 2.05) is 16.7 Å². The van der Waals surface area contributed by atoms with Gasteiger partial charge < -0.3 is 15.0 Å². The van der Waals surface area contributed by atoms with Crippen LogP contribution in [0.5, 0.6) is 0 Å². The maximum Gasteiger partial charge on any atom is 0.201 e. The van der Waals surface area contributed by atoms with Gasteiger partial charge in [0.15, 0.2) is 0 Å². The lowest BCUT2D eigenvalue weighted by Crippen LogP contribution is -2.12. The quantitative estimate of drug-likeness (QED) is 0.866. The van der Waals surface area contributed by atoms with Gasteiger partial charge in [-0.05, 0) is 18.6 Å². The normalized spacial score (nSPS) is 19.2. The summed E-state index contributed by atoms with van der Waals surface area (Å²) in [6.45, 7) is 2.40. The first-order valence-corrected chi connectivity index (χ1v) is 6.02. The SMILES string of the molecule is N#Cc1cccc2c1nc(N)n2CC1CCOC1. The van der Waals surface area contributed by atoms with Crippen molar-refractivity contribution in [1.82, 2.24) is 9.55 Å². The summed E-state index contributed by atoms with van der Waals surface area (Å²) in [7, 11) is 0. The van der Waals surface area contributed by atoms with Gasteiger partial charge >= 0.3 is 0 Å². The molecule has 3 rings (SSSR count). The maximum absolute atomic E-state index is 9.06. The minimum absolute atomic E-state index is 0.472. The van der Waals surface area contributed by atoms with Crippen molar-refractivity contribution in [2.45, 2.75) is 13.0 Å². The van der Waals surface area contributed by atoms with Crippen LogP contribution in [0.4, 0.5) is 5.95 Å². The zero-order chi connectivity index (χ0) is 12.5. The first kappa shape index (κ1) is 11.1. The highest BCUT2D eigenvalue weighted by Crippen LogP contribution is 2.24. The number of aromatic nitrogens is 2. The number of rotatable bonds is 2. The maximum atomic E-state index is 9.06. The summed E-state index contributed by atoms with van der Waals surface area (Å²) in [6, 6.07) is 7.73. The van der Waals surface area contributed by atoms with E-state index in [1.54, 1.807) is 6.07 Å². The molecule has 1 aliphatic heterocycles. The Morgan fingerprint density at radius 3 is 3.17 bits per heavy atom. The number of hydrogen-bond donors (Lipinski definition) is 1. The molecule has 1 fully saturated rings. The van der Waals surface area contributed by atoms with Crippen LogP contribution in [0.2, 0.25) is 0 Å². The van der Waals surface area contributed by atoms with Crippen molar-refractivity contribution in [3.05, 3.63) is 23.8 Å². The van der Waals surface area contributed by atoms with E-state index in [4.69, 9.17) is 15.7 Å². The van der Waals surface area contributed by atoms with Crippen LogP contribution < -0.4 is 5.73 Å². The third kappa shape index (κ3) is 1.71. The molecule has 2 heterocycles. The van der Waals surface area contributed by atoms with Crippen molar-refractivity contribution in [3.63, 3.8) is 0 Å². The molecule has 18 heavy (non-hydrogen) atoms. The minimum atomic E-state index is 0.472. The fourth-order valence-corrected chi connectivity index (χ4v) is 2.43. The van der Waals surface area contributed by atoms with E-state index in [2.05, 4.69) is 11.1 Å². The zero-order valence-electron chi connectivity index (χ0n) is 9.97. The first-order valence-electron chi connectivity index (χ1n) is 6.02. The molecule has 0 aliphatic carbocycles. The summed E-state index contributed by atoms with van der Waals surface area (Å²) < 4.78 is 7.36. The third-order valence-corrected chi connectivity index (χ3v) is 3.39. The Morgan fingerprint density at radius 1 is 1.56 bits per heavy atom. The van der Waals surface area contributed by atoms with Gasteiger partial charge in [-0.1, -0.05) is 6.07 Å². The number of fused-ring (bicyclic) bond motifs is 1. The number of imidazole rings is 1. The predicted molar refractivity (Wildman–Crippen MR) is 67.8 cm³/mol. The fraction of sp³-hybridized carbons (Fsp3) is 0.385. The second-order valence-corrected chi connectivity index (χ2v) is 4.60. The molecule has 92 valence electrons. The molecular formula is C13H14N4O. The second-order valence-electron chi connectivity index (χ2n) is 4.60. The van der Waals surface area contributed by atoms with Gasteiger partial charge in [-0.25, -0.2) is 4.98 Å². The van der Waals surface area contributed by atoms with Gasteiger partial charge in [-0.2, -0.15) is 5.26 Å². The van der Waals surface area contributed by atoms with Crippen LogP contribution in [-0.4, -0.2) is 22.8 Å². The zero-order valence-corrected chi connectivity index (χ0v) is 9.97. The first-order chi connectivity index (χ1) is 8.79. The average Bonchev–Trinajstić information content (AvgIpc) is 2.99. The molecule has 1 aliphatic rings.